The monoisotopic (exact) mass is 521 g/mol. The van der Waals surface area contributed by atoms with Gasteiger partial charge in [0, 0.05) is 24.2 Å². The topological polar surface area (TPSA) is 131 Å². The Morgan fingerprint density at radius 2 is 1.79 bits per heavy atom. The fourth-order valence-corrected chi connectivity index (χ4v) is 5.00. The molecule has 5 amide bonds. The van der Waals surface area contributed by atoms with Crippen LogP contribution in [0.4, 0.5) is 10.5 Å². The zero-order chi connectivity index (χ0) is 27.7. The molecule has 1 fully saturated rings. The fraction of sp³-hybridized carbons (Fsp3) is 0.233. The van der Waals surface area contributed by atoms with Gasteiger partial charge in [-0.05, 0) is 78.9 Å². The third kappa shape index (κ3) is 5.22. The summed E-state index contributed by atoms with van der Waals surface area (Å²) >= 11 is 0. The zero-order valence-corrected chi connectivity index (χ0v) is 21.6. The number of carbonyl (C=O) groups excluding carboxylic acids is 4. The first kappa shape index (κ1) is 25.7. The Morgan fingerprint density at radius 1 is 1.03 bits per heavy atom. The van der Waals surface area contributed by atoms with Crippen molar-refractivity contribution in [1.82, 2.24) is 15.5 Å². The highest BCUT2D eigenvalue weighted by Crippen LogP contribution is 2.30. The molecule has 0 aliphatic carbocycles. The second kappa shape index (κ2) is 10.1. The van der Waals surface area contributed by atoms with Gasteiger partial charge in [-0.3, -0.25) is 19.7 Å². The van der Waals surface area contributed by atoms with Crippen LogP contribution < -0.4 is 16.0 Å². The van der Waals surface area contributed by atoms with Gasteiger partial charge < -0.3 is 15.5 Å². The molecule has 39 heavy (non-hydrogen) atoms. The minimum atomic E-state index is -0.706. The molecule has 1 unspecified atom stereocenters. The predicted octanol–water partition coefficient (Wildman–Crippen LogP) is 4.04. The largest absolute Gasteiger partial charge is 0.329 e. The van der Waals surface area contributed by atoms with Gasteiger partial charge in [-0.25, -0.2) is 4.79 Å². The van der Waals surface area contributed by atoms with Crippen molar-refractivity contribution < 1.29 is 19.2 Å². The van der Waals surface area contributed by atoms with Crippen molar-refractivity contribution in [3.63, 3.8) is 0 Å². The average Bonchev–Trinajstić information content (AvgIpc) is 3.23. The molecule has 2 aliphatic heterocycles. The van der Waals surface area contributed by atoms with Gasteiger partial charge in [-0.1, -0.05) is 30.3 Å². The Labute approximate surface area is 225 Å². The van der Waals surface area contributed by atoms with Crippen LogP contribution >= 0.6 is 0 Å². The summed E-state index contributed by atoms with van der Waals surface area (Å²) in [5.74, 6) is -1.06. The molecule has 0 aromatic heterocycles. The van der Waals surface area contributed by atoms with E-state index in [-0.39, 0.29) is 24.8 Å². The van der Waals surface area contributed by atoms with Crippen molar-refractivity contribution in [3.05, 3.63) is 89.0 Å². The number of hydrogen-bond acceptors (Lipinski definition) is 5. The molecule has 3 aromatic rings. The predicted molar refractivity (Wildman–Crippen MR) is 144 cm³/mol. The number of carbonyl (C=O) groups is 4. The Morgan fingerprint density at radius 3 is 2.51 bits per heavy atom. The quantitative estimate of drug-likeness (QED) is 0.436. The molecule has 9 nitrogen and oxygen atoms in total. The van der Waals surface area contributed by atoms with Gasteiger partial charge in [0.05, 0.1) is 17.2 Å². The summed E-state index contributed by atoms with van der Waals surface area (Å²) in [4.78, 5) is 51.1. The van der Waals surface area contributed by atoms with E-state index in [0.29, 0.717) is 28.8 Å². The molecule has 0 bridgehead atoms. The highest BCUT2D eigenvalue weighted by Gasteiger charge is 2.39. The number of benzene rings is 3. The second-order valence-electron chi connectivity index (χ2n) is 10.2. The third-order valence-corrected chi connectivity index (χ3v) is 7.14. The highest BCUT2D eigenvalue weighted by molar-refractivity contribution is 6.05. The molecule has 2 heterocycles. The van der Waals surface area contributed by atoms with Crippen LogP contribution in [0.15, 0.2) is 66.7 Å². The molecule has 3 N–H and O–H groups in total. The fourth-order valence-electron chi connectivity index (χ4n) is 5.00. The molecular weight excluding hydrogens is 494 g/mol. The molecule has 0 saturated carbocycles. The van der Waals surface area contributed by atoms with Crippen molar-refractivity contribution in [2.75, 3.05) is 5.32 Å². The molecule has 9 heteroatoms. The summed E-state index contributed by atoms with van der Waals surface area (Å²) in [6.07, 6.45) is 0.481. The summed E-state index contributed by atoms with van der Waals surface area (Å²) in [7, 11) is 0. The molecule has 196 valence electrons. The van der Waals surface area contributed by atoms with Crippen LogP contribution in [0.25, 0.3) is 11.1 Å². The Bertz CT molecular complexity index is 1540. The highest BCUT2D eigenvalue weighted by atomic mass is 16.2. The number of hydrogen-bond donors (Lipinski definition) is 3. The summed E-state index contributed by atoms with van der Waals surface area (Å²) in [6, 6.07) is 21.2. The Hall–Kier alpha value is -4.97. The number of amides is 5. The molecule has 1 atom stereocenters. The first-order valence-electron chi connectivity index (χ1n) is 12.6. The second-order valence-corrected chi connectivity index (χ2v) is 10.2. The van der Waals surface area contributed by atoms with Crippen LogP contribution in [0.1, 0.15) is 53.7 Å². The number of nitrogens with zero attached hydrogens (tertiary/aromatic N) is 2. The van der Waals surface area contributed by atoms with Crippen molar-refractivity contribution in [2.45, 2.75) is 44.8 Å². The van der Waals surface area contributed by atoms with E-state index in [1.807, 2.05) is 50.2 Å². The number of imide groups is 1. The van der Waals surface area contributed by atoms with E-state index in [9.17, 15) is 19.2 Å². The van der Waals surface area contributed by atoms with E-state index >= 15 is 0 Å². The lowest BCUT2D eigenvalue weighted by Crippen LogP contribution is -2.52. The van der Waals surface area contributed by atoms with E-state index in [1.54, 1.807) is 30.3 Å². The van der Waals surface area contributed by atoms with Crippen molar-refractivity contribution in [3.8, 4) is 17.2 Å². The standard InChI is InChI=1S/C30H27N5O4/c1-30(2,22-5-3-4-20(14-22)19-8-6-18(16-31)7-9-19)34-29(39)32-23-10-11-24-21(15-23)17-35(28(24)38)25-12-13-26(36)33-27(25)37/h3-11,14-15,25H,12-13,17H2,1-2H3,(H2,32,34,39)(H,33,36,37). The Balaban J connectivity index is 1.26. The van der Waals surface area contributed by atoms with Crippen LogP contribution in [0, 0.1) is 11.3 Å². The average molecular weight is 522 g/mol. The van der Waals surface area contributed by atoms with Gasteiger partial charge in [0.2, 0.25) is 11.8 Å². The summed E-state index contributed by atoms with van der Waals surface area (Å²) in [5.41, 5.74) is 4.43. The first-order chi connectivity index (χ1) is 18.6. The maximum absolute atomic E-state index is 13.0. The molecule has 0 radical (unpaired) electrons. The zero-order valence-electron chi connectivity index (χ0n) is 21.6. The number of rotatable bonds is 5. The van der Waals surface area contributed by atoms with Crippen LogP contribution in [0.2, 0.25) is 0 Å². The molecule has 1 saturated heterocycles. The van der Waals surface area contributed by atoms with Crippen LogP contribution in [-0.2, 0) is 21.7 Å². The van der Waals surface area contributed by atoms with Crippen LogP contribution in [-0.4, -0.2) is 34.7 Å². The lowest BCUT2D eigenvalue weighted by Gasteiger charge is -2.29. The number of urea groups is 1. The van der Waals surface area contributed by atoms with E-state index in [0.717, 1.165) is 16.7 Å². The number of fused-ring (bicyclic) bond motifs is 1. The summed E-state index contributed by atoms with van der Waals surface area (Å²) in [6.45, 7) is 4.04. The molecule has 5 rings (SSSR count). The van der Waals surface area contributed by atoms with E-state index in [4.69, 9.17) is 5.26 Å². The van der Waals surface area contributed by atoms with Gasteiger partial charge in [0.25, 0.3) is 5.91 Å². The lowest BCUT2D eigenvalue weighted by atomic mass is 9.91. The van der Waals surface area contributed by atoms with Crippen molar-refractivity contribution in [2.24, 2.45) is 0 Å². The van der Waals surface area contributed by atoms with E-state index < -0.39 is 23.5 Å². The van der Waals surface area contributed by atoms with Gasteiger partial charge in [-0.15, -0.1) is 0 Å². The lowest BCUT2D eigenvalue weighted by molar-refractivity contribution is -0.136. The number of piperidine rings is 1. The number of nitriles is 1. The smallest absolute Gasteiger partial charge is 0.319 e. The van der Waals surface area contributed by atoms with Gasteiger partial charge >= 0.3 is 6.03 Å². The molecule has 2 aliphatic rings. The van der Waals surface area contributed by atoms with Gasteiger partial charge in [-0.2, -0.15) is 5.26 Å². The maximum Gasteiger partial charge on any atom is 0.319 e. The van der Waals surface area contributed by atoms with E-state index in [2.05, 4.69) is 22.0 Å². The van der Waals surface area contributed by atoms with Crippen LogP contribution in [0.3, 0.4) is 0 Å². The summed E-state index contributed by atoms with van der Waals surface area (Å²) < 4.78 is 0. The maximum atomic E-state index is 13.0. The van der Waals surface area contributed by atoms with Crippen molar-refractivity contribution in [1.29, 1.82) is 5.26 Å². The number of anilines is 1. The molecule has 3 aromatic carbocycles. The van der Waals surface area contributed by atoms with Gasteiger partial charge in [0.1, 0.15) is 6.04 Å². The SMILES string of the molecule is CC(C)(NC(=O)Nc1ccc2c(c1)CN(C1CCC(=O)NC1=O)C2=O)c1cccc(-c2ccc(C#N)cc2)c1. The third-order valence-electron chi connectivity index (χ3n) is 7.14. The molecule has 0 spiro atoms. The first-order valence-corrected chi connectivity index (χ1v) is 12.6. The van der Waals surface area contributed by atoms with Gasteiger partial charge in [0.15, 0.2) is 0 Å². The minimum absolute atomic E-state index is 0.190. The van der Waals surface area contributed by atoms with Crippen molar-refractivity contribution >= 4 is 29.4 Å². The van der Waals surface area contributed by atoms with E-state index in [1.165, 1.54) is 4.90 Å². The normalized spacial score (nSPS) is 16.8. The number of nitrogens with one attached hydrogen (secondary N) is 3. The summed E-state index contributed by atoms with van der Waals surface area (Å²) in [5, 5.41) is 17.2. The van der Waals surface area contributed by atoms with Crippen LogP contribution in [0.5, 0.6) is 0 Å². The minimum Gasteiger partial charge on any atom is -0.329 e. The Kier molecular flexibility index (Phi) is 6.62. The molecular formula is C30H27N5O4.